The minimum Gasteiger partial charge on any atom is -0.481 e. The zero-order valence-corrected chi connectivity index (χ0v) is 8.21. The van der Waals surface area contributed by atoms with Crippen LogP contribution in [0, 0.1) is 0 Å². The van der Waals surface area contributed by atoms with E-state index in [1.54, 1.807) is 6.08 Å². The Kier molecular flexibility index (Phi) is 3.62. The van der Waals surface area contributed by atoms with Gasteiger partial charge < -0.3 is 10.3 Å². The van der Waals surface area contributed by atoms with Crippen LogP contribution in [0.25, 0.3) is 6.08 Å². The lowest BCUT2D eigenvalue weighted by Crippen LogP contribution is -1.92. The van der Waals surface area contributed by atoms with Crippen molar-refractivity contribution in [2.75, 3.05) is 0 Å². The van der Waals surface area contributed by atoms with Crippen LogP contribution in [0.4, 0.5) is 0 Å². The molecule has 4 nitrogen and oxygen atoms in total. The van der Waals surface area contributed by atoms with Crippen LogP contribution in [-0.2, 0) is 4.79 Å². The van der Waals surface area contributed by atoms with Gasteiger partial charge in [-0.2, -0.15) is 0 Å². The molecule has 1 aromatic carbocycles. The van der Waals surface area contributed by atoms with Crippen LogP contribution in [0.3, 0.4) is 0 Å². The molecule has 2 N–H and O–H groups in total. The van der Waals surface area contributed by atoms with E-state index in [1.165, 1.54) is 0 Å². The number of carboxylic acids is 1. The topological polar surface area (TPSA) is 69.9 Å². The van der Waals surface area contributed by atoms with Gasteiger partial charge in [0.15, 0.2) is 0 Å². The van der Waals surface area contributed by atoms with Gasteiger partial charge in [-0.1, -0.05) is 35.5 Å². The van der Waals surface area contributed by atoms with E-state index in [1.807, 2.05) is 30.3 Å². The van der Waals surface area contributed by atoms with Gasteiger partial charge in [0.2, 0.25) is 0 Å². The van der Waals surface area contributed by atoms with Crippen LogP contribution in [0.2, 0.25) is 0 Å². The van der Waals surface area contributed by atoms with Crippen molar-refractivity contribution in [2.45, 2.75) is 6.92 Å². The number of oxime groups is 1. The zero-order chi connectivity index (χ0) is 11.3. The van der Waals surface area contributed by atoms with Crippen molar-refractivity contribution >= 4 is 17.8 Å². The third kappa shape index (κ3) is 2.95. The highest BCUT2D eigenvalue weighted by atomic mass is 16.4. The molecular weight excluding hydrogens is 194 g/mol. The minimum atomic E-state index is -0.833. The molecule has 4 heteroatoms. The Bertz CT molecular complexity index is 418. The summed E-state index contributed by atoms with van der Waals surface area (Å²) in [7, 11) is 0. The zero-order valence-electron chi connectivity index (χ0n) is 8.21. The first-order chi connectivity index (χ1) is 7.15. The fourth-order valence-corrected chi connectivity index (χ4v) is 1.22. The Balaban J connectivity index is 0.000000245. The largest absolute Gasteiger partial charge is 0.481 e. The molecule has 0 bridgehead atoms. The fraction of sp³-hybridized carbons (Fsp3) is 0.0909. The van der Waals surface area contributed by atoms with E-state index in [0.29, 0.717) is 5.71 Å². The summed E-state index contributed by atoms with van der Waals surface area (Å²) in [6.07, 6.45) is 3.73. The molecule has 0 saturated carbocycles. The lowest BCUT2D eigenvalue weighted by atomic mass is 10.1. The van der Waals surface area contributed by atoms with Crippen molar-refractivity contribution in [1.82, 2.24) is 0 Å². The summed E-state index contributed by atoms with van der Waals surface area (Å²) in [5.41, 5.74) is 2.75. The summed E-state index contributed by atoms with van der Waals surface area (Å²) < 4.78 is 0. The Labute approximate surface area is 87.2 Å². The molecule has 0 aromatic heterocycles. The summed E-state index contributed by atoms with van der Waals surface area (Å²) in [5, 5.41) is 19.1. The van der Waals surface area contributed by atoms with Gasteiger partial charge >= 0.3 is 0 Å². The van der Waals surface area contributed by atoms with E-state index in [0.717, 1.165) is 18.1 Å². The molecule has 1 aromatic rings. The SMILES string of the molecule is CC(=O)O.ON=C1C=Cc2ccccc21. The van der Waals surface area contributed by atoms with Gasteiger partial charge in [0.25, 0.3) is 5.97 Å². The van der Waals surface area contributed by atoms with Crippen molar-refractivity contribution in [3.05, 3.63) is 41.5 Å². The van der Waals surface area contributed by atoms with Gasteiger partial charge in [-0.3, -0.25) is 4.79 Å². The van der Waals surface area contributed by atoms with Gasteiger partial charge in [-0.05, 0) is 11.6 Å². The van der Waals surface area contributed by atoms with E-state index in [9.17, 15) is 0 Å². The van der Waals surface area contributed by atoms with Crippen molar-refractivity contribution in [3.63, 3.8) is 0 Å². The summed E-state index contributed by atoms with van der Waals surface area (Å²) in [6, 6.07) is 7.81. The average molecular weight is 205 g/mol. The van der Waals surface area contributed by atoms with Gasteiger partial charge in [0, 0.05) is 12.5 Å². The Morgan fingerprint density at radius 2 is 1.87 bits per heavy atom. The second kappa shape index (κ2) is 4.95. The predicted octanol–water partition coefficient (Wildman–Crippen LogP) is 1.98. The molecule has 2 rings (SSSR count). The van der Waals surface area contributed by atoms with Gasteiger partial charge in [-0.15, -0.1) is 0 Å². The Morgan fingerprint density at radius 3 is 2.47 bits per heavy atom. The van der Waals surface area contributed by atoms with Crippen LogP contribution in [-0.4, -0.2) is 22.0 Å². The van der Waals surface area contributed by atoms with Gasteiger partial charge in [0.05, 0.1) is 0 Å². The van der Waals surface area contributed by atoms with Crippen LogP contribution in [0.1, 0.15) is 18.1 Å². The number of allylic oxidation sites excluding steroid dienone is 1. The lowest BCUT2D eigenvalue weighted by molar-refractivity contribution is -0.134. The quantitative estimate of drug-likeness (QED) is 0.502. The molecule has 0 spiro atoms. The third-order valence-corrected chi connectivity index (χ3v) is 1.77. The van der Waals surface area contributed by atoms with E-state index in [4.69, 9.17) is 15.1 Å². The number of benzene rings is 1. The first-order valence-electron chi connectivity index (χ1n) is 4.34. The molecule has 78 valence electrons. The van der Waals surface area contributed by atoms with Gasteiger partial charge in [-0.25, -0.2) is 0 Å². The molecule has 0 unspecified atom stereocenters. The molecular formula is C11H11NO3. The molecule has 0 fully saturated rings. The number of aliphatic carboxylic acids is 1. The summed E-state index contributed by atoms with van der Waals surface area (Å²) >= 11 is 0. The average Bonchev–Trinajstić information content (AvgIpc) is 2.59. The smallest absolute Gasteiger partial charge is 0.300 e. The van der Waals surface area contributed by atoms with E-state index < -0.39 is 5.97 Å². The number of nitrogens with zero attached hydrogens (tertiary/aromatic N) is 1. The molecule has 0 amide bonds. The maximum absolute atomic E-state index is 9.00. The highest BCUT2D eigenvalue weighted by Crippen LogP contribution is 2.18. The highest BCUT2D eigenvalue weighted by Gasteiger charge is 2.09. The molecule has 0 atom stereocenters. The monoisotopic (exact) mass is 205 g/mol. The van der Waals surface area contributed by atoms with Gasteiger partial charge in [0.1, 0.15) is 5.71 Å². The second-order valence-corrected chi connectivity index (χ2v) is 2.92. The van der Waals surface area contributed by atoms with Crippen molar-refractivity contribution in [2.24, 2.45) is 5.16 Å². The normalized spacial score (nSPS) is 14.3. The number of carboxylic acid groups (broad SMARTS) is 1. The number of rotatable bonds is 0. The first kappa shape index (κ1) is 11.0. The fourth-order valence-electron chi connectivity index (χ4n) is 1.22. The molecule has 1 aliphatic carbocycles. The van der Waals surface area contributed by atoms with Crippen LogP contribution in [0.5, 0.6) is 0 Å². The van der Waals surface area contributed by atoms with E-state index >= 15 is 0 Å². The van der Waals surface area contributed by atoms with Crippen LogP contribution in [0.15, 0.2) is 35.5 Å². The van der Waals surface area contributed by atoms with Crippen LogP contribution < -0.4 is 0 Å². The molecule has 0 aliphatic heterocycles. The third-order valence-electron chi connectivity index (χ3n) is 1.77. The summed E-state index contributed by atoms with van der Waals surface area (Å²) in [4.78, 5) is 9.00. The highest BCUT2D eigenvalue weighted by molar-refractivity contribution is 6.16. The Hall–Kier alpha value is -2.10. The number of hydrogen-bond donors (Lipinski definition) is 2. The second-order valence-electron chi connectivity index (χ2n) is 2.92. The number of hydrogen-bond acceptors (Lipinski definition) is 3. The van der Waals surface area contributed by atoms with E-state index in [-0.39, 0.29) is 0 Å². The maximum Gasteiger partial charge on any atom is 0.300 e. The first-order valence-corrected chi connectivity index (χ1v) is 4.34. The molecule has 0 saturated heterocycles. The Morgan fingerprint density at radius 1 is 1.27 bits per heavy atom. The number of fused-ring (bicyclic) bond motifs is 1. The van der Waals surface area contributed by atoms with E-state index in [2.05, 4.69) is 5.16 Å². The lowest BCUT2D eigenvalue weighted by Gasteiger charge is -1.95. The van der Waals surface area contributed by atoms with Crippen LogP contribution >= 0.6 is 0 Å². The summed E-state index contributed by atoms with van der Waals surface area (Å²) in [5.74, 6) is -0.833. The maximum atomic E-state index is 9.00. The molecule has 1 aliphatic rings. The predicted molar refractivity (Wildman–Crippen MR) is 57.1 cm³/mol. The molecule has 15 heavy (non-hydrogen) atoms. The molecule has 0 heterocycles. The van der Waals surface area contributed by atoms with Crippen molar-refractivity contribution in [3.8, 4) is 0 Å². The number of carbonyl (C=O) groups is 1. The minimum absolute atomic E-state index is 0.639. The molecule has 0 radical (unpaired) electrons. The summed E-state index contributed by atoms with van der Waals surface area (Å²) in [6.45, 7) is 1.08. The van der Waals surface area contributed by atoms with Crippen molar-refractivity contribution in [1.29, 1.82) is 0 Å². The van der Waals surface area contributed by atoms with Crippen molar-refractivity contribution < 1.29 is 15.1 Å². The standard InChI is InChI=1S/C9H7NO.C2H4O2/c11-10-9-6-5-7-3-1-2-4-8(7)9;1-2(3)4/h1-6,11H;1H3,(H,3,4).